The molecule has 2 aliphatic rings. The number of rotatable bonds is 5. The summed E-state index contributed by atoms with van der Waals surface area (Å²) in [5.74, 6) is 2.39. The van der Waals surface area contributed by atoms with E-state index in [0.29, 0.717) is 16.7 Å². The van der Waals surface area contributed by atoms with Gasteiger partial charge in [-0.15, -0.1) is 23.5 Å². The number of carbonyl (C=O) groups is 1. The van der Waals surface area contributed by atoms with Crippen LogP contribution in [0.15, 0.2) is 48.5 Å². The van der Waals surface area contributed by atoms with Crippen molar-refractivity contribution < 1.29 is 9.53 Å². The quantitative estimate of drug-likeness (QED) is 0.514. The average Bonchev–Trinajstić information content (AvgIpc) is 3.53. The molecule has 2 saturated heterocycles. The second kappa shape index (κ2) is 8.68. The van der Waals surface area contributed by atoms with Gasteiger partial charge >= 0.3 is 0 Å². The number of fused-ring (bicyclic) bond motifs is 1. The third-order valence-corrected chi connectivity index (χ3v) is 9.38. The van der Waals surface area contributed by atoms with E-state index >= 15 is 0 Å². The van der Waals surface area contributed by atoms with Gasteiger partial charge in [0.25, 0.3) is 5.91 Å². The van der Waals surface area contributed by atoms with Crippen LogP contribution in [-0.2, 0) is 4.74 Å². The molecule has 0 aliphatic carbocycles. The van der Waals surface area contributed by atoms with E-state index < -0.39 is 0 Å². The van der Waals surface area contributed by atoms with Crippen LogP contribution in [0.1, 0.15) is 33.3 Å². The Morgan fingerprint density at radius 2 is 1.90 bits per heavy atom. The van der Waals surface area contributed by atoms with Crippen LogP contribution in [0.2, 0.25) is 0 Å². The molecule has 4 nitrogen and oxygen atoms in total. The van der Waals surface area contributed by atoms with Crippen molar-refractivity contribution in [3.05, 3.63) is 59.7 Å². The van der Waals surface area contributed by atoms with Crippen molar-refractivity contribution in [1.29, 1.82) is 0 Å². The molecule has 1 amide bonds. The number of thioether (sulfide) groups is 2. The monoisotopic (exact) mass is 442 g/mol. The Morgan fingerprint density at radius 3 is 2.62 bits per heavy atom. The maximum Gasteiger partial charge on any atom is 0.260 e. The minimum atomic E-state index is -0.00201. The summed E-state index contributed by atoms with van der Waals surface area (Å²) >= 11 is 5.53. The van der Waals surface area contributed by atoms with Crippen LogP contribution in [0.25, 0.3) is 10.2 Å². The molecular formula is C22H22N2O2S3. The Labute approximate surface area is 183 Å². The summed E-state index contributed by atoms with van der Waals surface area (Å²) in [5, 5.41) is 0.748. The zero-order valence-corrected chi connectivity index (χ0v) is 18.4. The van der Waals surface area contributed by atoms with E-state index in [-0.39, 0.29) is 12.0 Å². The number of ether oxygens (including phenoxy) is 1. The summed E-state index contributed by atoms with van der Waals surface area (Å²) < 4.78 is 7.42. The lowest BCUT2D eigenvalue weighted by molar-refractivity contribution is 0.0917. The fourth-order valence-electron chi connectivity index (χ4n) is 3.70. The lowest BCUT2D eigenvalue weighted by Crippen LogP contribution is -2.37. The van der Waals surface area contributed by atoms with Gasteiger partial charge in [-0.3, -0.25) is 9.69 Å². The third-order valence-electron chi connectivity index (χ3n) is 5.22. The third kappa shape index (κ3) is 4.19. The van der Waals surface area contributed by atoms with Gasteiger partial charge in [0.2, 0.25) is 0 Å². The summed E-state index contributed by atoms with van der Waals surface area (Å²) in [5.41, 5.74) is 2.93. The van der Waals surface area contributed by atoms with Crippen LogP contribution >= 0.6 is 34.9 Å². The number of thiazole rings is 1. The Kier molecular flexibility index (Phi) is 5.81. The van der Waals surface area contributed by atoms with Crippen LogP contribution < -0.4 is 4.90 Å². The SMILES string of the molecule is O=C(c1ccc(C2SCCS2)cc1)N(C[C@@H]1CCCO1)c1nc2ccccc2s1. The fraction of sp³-hybridized carbons (Fsp3) is 0.364. The molecule has 3 heterocycles. The molecule has 2 fully saturated rings. The zero-order chi connectivity index (χ0) is 19.6. The van der Waals surface area contributed by atoms with Crippen molar-refractivity contribution in [1.82, 2.24) is 4.98 Å². The molecule has 7 heteroatoms. The number of nitrogens with zero attached hydrogens (tertiary/aromatic N) is 2. The first-order valence-electron chi connectivity index (χ1n) is 9.90. The van der Waals surface area contributed by atoms with Gasteiger partial charge < -0.3 is 4.74 Å². The molecule has 0 spiro atoms. The van der Waals surface area contributed by atoms with E-state index in [2.05, 4.69) is 18.2 Å². The lowest BCUT2D eigenvalue weighted by Gasteiger charge is -2.23. The molecule has 3 aromatic rings. The molecule has 1 aromatic heterocycles. The molecular weight excluding hydrogens is 420 g/mol. The van der Waals surface area contributed by atoms with Crippen LogP contribution in [0.4, 0.5) is 5.13 Å². The summed E-state index contributed by atoms with van der Waals surface area (Å²) in [6, 6.07) is 16.2. The first-order chi connectivity index (χ1) is 14.3. The number of anilines is 1. The predicted molar refractivity (Wildman–Crippen MR) is 124 cm³/mol. The first-order valence-corrected chi connectivity index (χ1v) is 12.8. The van der Waals surface area contributed by atoms with Crippen molar-refractivity contribution in [2.45, 2.75) is 23.5 Å². The van der Waals surface area contributed by atoms with E-state index in [4.69, 9.17) is 9.72 Å². The average molecular weight is 443 g/mol. The summed E-state index contributed by atoms with van der Waals surface area (Å²) in [6.07, 6.45) is 2.12. The van der Waals surface area contributed by atoms with Crippen LogP contribution in [-0.4, -0.2) is 41.7 Å². The van der Waals surface area contributed by atoms with E-state index in [0.717, 1.165) is 34.8 Å². The van der Waals surface area contributed by atoms with Crippen LogP contribution in [0.3, 0.4) is 0 Å². The van der Waals surface area contributed by atoms with Gasteiger partial charge in [0.1, 0.15) is 0 Å². The van der Waals surface area contributed by atoms with Gasteiger partial charge in [-0.2, -0.15) is 0 Å². The number of aromatic nitrogens is 1. The minimum absolute atomic E-state index is 0.00201. The molecule has 2 aliphatic heterocycles. The maximum absolute atomic E-state index is 13.5. The molecule has 5 rings (SSSR count). The molecule has 29 heavy (non-hydrogen) atoms. The van der Waals surface area contributed by atoms with E-state index in [1.54, 1.807) is 11.3 Å². The number of amides is 1. The van der Waals surface area contributed by atoms with Crippen LogP contribution in [0, 0.1) is 0 Å². The fourth-order valence-corrected chi connectivity index (χ4v) is 7.54. The lowest BCUT2D eigenvalue weighted by atomic mass is 10.1. The largest absolute Gasteiger partial charge is 0.376 e. The molecule has 0 unspecified atom stereocenters. The molecule has 150 valence electrons. The van der Waals surface area contributed by atoms with Gasteiger partial charge in [-0.25, -0.2) is 4.98 Å². The van der Waals surface area contributed by atoms with Gasteiger partial charge in [0.15, 0.2) is 5.13 Å². The predicted octanol–water partition coefficient (Wildman–Crippen LogP) is 5.60. The van der Waals surface area contributed by atoms with Gasteiger partial charge in [-0.1, -0.05) is 35.6 Å². The van der Waals surface area contributed by atoms with Gasteiger partial charge in [0.05, 0.1) is 27.4 Å². The van der Waals surface area contributed by atoms with E-state index in [1.165, 1.54) is 17.1 Å². The van der Waals surface area contributed by atoms with Crippen molar-refractivity contribution in [3.8, 4) is 0 Å². The number of hydrogen-bond donors (Lipinski definition) is 0. The topological polar surface area (TPSA) is 42.4 Å². The summed E-state index contributed by atoms with van der Waals surface area (Å²) in [6.45, 7) is 1.33. The molecule has 1 atom stereocenters. The van der Waals surface area contributed by atoms with E-state index in [1.807, 2.05) is 58.8 Å². The van der Waals surface area contributed by atoms with Crippen molar-refractivity contribution in [2.24, 2.45) is 0 Å². The Hall–Kier alpha value is -1.54. The number of hydrogen-bond acceptors (Lipinski definition) is 6. The molecule has 0 saturated carbocycles. The highest BCUT2D eigenvalue weighted by molar-refractivity contribution is 8.19. The maximum atomic E-state index is 13.5. The summed E-state index contributed by atoms with van der Waals surface area (Å²) in [4.78, 5) is 20.0. The molecule has 2 aromatic carbocycles. The number of para-hydroxylation sites is 1. The van der Waals surface area contributed by atoms with Crippen molar-refractivity contribution in [3.63, 3.8) is 0 Å². The van der Waals surface area contributed by atoms with E-state index in [9.17, 15) is 4.79 Å². The zero-order valence-electron chi connectivity index (χ0n) is 16.0. The molecule has 0 radical (unpaired) electrons. The Morgan fingerprint density at radius 1 is 1.10 bits per heavy atom. The highest BCUT2D eigenvalue weighted by atomic mass is 32.2. The number of carbonyl (C=O) groups excluding carboxylic acids is 1. The second-order valence-corrected chi connectivity index (χ2v) is 10.9. The highest BCUT2D eigenvalue weighted by Gasteiger charge is 2.27. The highest BCUT2D eigenvalue weighted by Crippen LogP contribution is 2.45. The van der Waals surface area contributed by atoms with Crippen LogP contribution in [0.5, 0.6) is 0 Å². The molecule has 0 N–H and O–H groups in total. The Bertz CT molecular complexity index is 960. The first kappa shape index (κ1) is 19.4. The Balaban J connectivity index is 1.43. The summed E-state index contributed by atoms with van der Waals surface area (Å²) in [7, 11) is 0. The van der Waals surface area contributed by atoms with Gasteiger partial charge in [0, 0.05) is 23.7 Å². The normalized spacial score (nSPS) is 19.8. The standard InChI is InChI=1S/C22H22N2O2S3/c25-20(15-7-9-16(10-8-15)21-27-12-13-28-21)24(14-17-4-3-11-26-17)22-23-18-5-1-2-6-19(18)29-22/h1-2,5-10,17,21H,3-4,11-14H2/t17-/m0/s1. The smallest absolute Gasteiger partial charge is 0.260 e. The second-order valence-electron chi connectivity index (χ2n) is 7.21. The van der Waals surface area contributed by atoms with Crippen molar-refractivity contribution >= 4 is 56.1 Å². The van der Waals surface area contributed by atoms with Crippen molar-refractivity contribution in [2.75, 3.05) is 29.6 Å². The number of benzene rings is 2. The van der Waals surface area contributed by atoms with Gasteiger partial charge in [-0.05, 0) is 42.7 Å². The minimum Gasteiger partial charge on any atom is -0.376 e. The molecule has 0 bridgehead atoms.